The van der Waals surface area contributed by atoms with Gasteiger partial charge in [0.2, 0.25) is 5.15 Å². The van der Waals surface area contributed by atoms with Gasteiger partial charge in [-0.25, -0.2) is 4.98 Å². The normalized spacial score (nSPS) is 10.8. The minimum atomic E-state index is -0.573. The van der Waals surface area contributed by atoms with Crippen molar-refractivity contribution in [2.24, 2.45) is 0 Å². The number of aromatic nitrogens is 1. The van der Waals surface area contributed by atoms with Crippen molar-refractivity contribution in [1.82, 2.24) is 4.98 Å². The average molecular weight is 287 g/mol. The number of halogens is 1. The molecule has 0 aliphatic rings. The van der Waals surface area contributed by atoms with Gasteiger partial charge in [0.1, 0.15) is 0 Å². The maximum atomic E-state index is 10.7. The lowest BCUT2D eigenvalue weighted by molar-refractivity contribution is -0.385. The fraction of sp³-hybridized carbons (Fsp3) is 0.273. The van der Waals surface area contributed by atoms with Crippen LogP contribution in [0.1, 0.15) is 18.2 Å². The van der Waals surface area contributed by atoms with Crippen molar-refractivity contribution in [3.8, 4) is 0 Å². The monoisotopic (exact) mass is 286 g/mol. The summed E-state index contributed by atoms with van der Waals surface area (Å²) in [5.74, 6) is 0.519. The molecule has 7 heteroatoms. The second-order valence-electron chi connectivity index (χ2n) is 3.44. The van der Waals surface area contributed by atoms with Gasteiger partial charge in [-0.2, -0.15) is 0 Å². The van der Waals surface area contributed by atoms with Crippen LogP contribution in [-0.4, -0.2) is 20.8 Å². The van der Waals surface area contributed by atoms with Crippen molar-refractivity contribution in [3.05, 3.63) is 38.7 Å². The molecule has 1 aromatic rings. The summed E-state index contributed by atoms with van der Waals surface area (Å²) in [4.78, 5) is 24.8. The van der Waals surface area contributed by atoms with Crippen LogP contribution in [0.15, 0.2) is 12.1 Å². The molecule has 0 saturated carbocycles. The minimum Gasteiger partial charge on any atom is -0.288 e. The summed E-state index contributed by atoms with van der Waals surface area (Å²) in [6, 6.07) is 1.37. The molecule has 0 atom stereocenters. The Morgan fingerprint density at radius 1 is 1.67 bits per heavy atom. The van der Waals surface area contributed by atoms with Gasteiger partial charge in [0.05, 0.1) is 4.92 Å². The molecule has 0 spiro atoms. The number of rotatable bonds is 4. The van der Waals surface area contributed by atoms with Crippen LogP contribution < -0.4 is 0 Å². The summed E-state index contributed by atoms with van der Waals surface area (Å²) in [7, 11) is 0. The molecular weight excluding hydrogens is 276 g/mol. The Morgan fingerprint density at radius 3 is 2.89 bits per heavy atom. The number of nitro groups is 1. The zero-order chi connectivity index (χ0) is 13.7. The van der Waals surface area contributed by atoms with Crippen LogP contribution in [0.5, 0.6) is 0 Å². The van der Waals surface area contributed by atoms with Gasteiger partial charge in [-0.05, 0) is 6.92 Å². The van der Waals surface area contributed by atoms with E-state index in [2.05, 4.69) is 4.98 Å². The predicted octanol–water partition coefficient (Wildman–Crippen LogP) is 3.24. The van der Waals surface area contributed by atoms with Gasteiger partial charge in [-0.1, -0.05) is 35.5 Å². The number of aryl methyl sites for hydroxylation is 1. The van der Waals surface area contributed by atoms with E-state index in [0.717, 1.165) is 11.8 Å². The number of carbonyl (C=O) groups excluding carboxylic acids is 1. The van der Waals surface area contributed by atoms with Gasteiger partial charge in [0, 0.05) is 30.0 Å². The Morgan fingerprint density at radius 2 is 2.33 bits per heavy atom. The van der Waals surface area contributed by atoms with Gasteiger partial charge in [0.15, 0.2) is 5.12 Å². The Kier molecular flexibility index (Phi) is 5.30. The van der Waals surface area contributed by atoms with E-state index in [1.54, 1.807) is 19.1 Å². The number of nitrogens with zero attached hydrogens (tertiary/aromatic N) is 2. The molecule has 1 heterocycles. The van der Waals surface area contributed by atoms with Crippen molar-refractivity contribution in [3.63, 3.8) is 0 Å². The zero-order valence-corrected chi connectivity index (χ0v) is 11.4. The van der Waals surface area contributed by atoms with Crippen molar-refractivity contribution in [2.45, 2.75) is 13.8 Å². The van der Waals surface area contributed by atoms with Crippen LogP contribution in [0.3, 0.4) is 0 Å². The van der Waals surface area contributed by atoms with Crippen LogP contribution in [0.25, 0.3) is 6.08 Å². The van der Waals surface area contributed by atoms with Gasteiger partial charge in [-0.3, -0.25) is 14.9 Å². The second-order valence-corrected chi connectivity index (χ2v) is 4.99. The molecule has 0 amide bonds. The van der Waals surface area contributed by atoms with Gasteiger partial charge in [-0.15, -0.1) is 0 Å². The van der Waals surface area contributed by atoms with Crippen LogP contribution in [-0.2, 0) is 4.79 Å². The summed E-state index contributed by atoms with van der Waals surface area (Å²) in [6.45, 7) is 3.20. The SMILES string of the molecule is CC(=O)SCC=Cc1cc([N+](=O)[O-])c(Cl)nc1C. The fourth-order valence-electron chi connectivity index (χ4n) is 1.22. The highest BCUT2D eigenvalue weighted by Gasteiger charge is 2.15. The number of hydrogen-bond donors (Lipinski definition) is 0. The molecule has 0 fully saturated rings. The second kappa shape index (κ2) is 6.51. The van der Waals surface area contributed by atoms with Crippen molar-refractivity contribution in [1.29, 1.82) is 0 Å². The molecule has 0 N–H and O–H groups in total. The standard InChI is InChI=1S/C11H11ClN2O3S/c1-7-9(4-3-5-18-8(2)15)6-10(14(16)17)11(12)13-7/h3-4,6H,5H2,1-2H3. The van der Waals surface area contributed by atoms with Crippen LogP contribution >= 0.6 is 23.4 Å². The molecule has 0 bridgehead atoms. The van der Waals surface area contributed by atoms with Crippen molar-refractivity contribution >= 4 is 40.2 Å². The van der Waals surface area contributed by atoms with Crippen LogP contribution in [0.4, 0.5) is 5.69 Å². The summed E-state index contributed by atoms with van der Waals surface area (Å²) in [6.07, 6.45) is 3.45. The van der Waals surface area contributed by atoms with E-state index in [9.17, 15) is 14.9 Å². The van der Waals surface area contributed by atoms with Gasteiger partial charge in [0.25, 0.3) is 0 Å². The fourth-order valence-corrected chi connectivity index (χ4v) is 1.90. The highest BCUT2D eigenvalue weighted by atomic mass is 35.5. The number of carbonyl (C=O) groups is 1. The van der Waals surface area contributed by atoms with Crippen molar-refractivity contribution < 1.29 is 9.72 Å². The molecule has 5 nitrogen and oxygen atoms in total. The lowest BCUT2D eigenvalue weighted by atomic mass is 10.2. The highest BCUT2D eigenvalue weighted by Crippen LogP contribution is 2.25. The summed E-state index contributed by atoms with van der Waals surface area (Å²) in [5.41, 5.74) is 1.01. The van der Waals surface area contributed by atoms with E-state index in [1.165, 1.54) is 13.0 Å². The first-order valence-corrected chi connectivity index (χ1v) is 6.39. The lowest BCUT2D eigenvalue weighted by Gasteiger charge is -2.01. The Bertz CT molecular complexity index is 517. The zero-order valence-electron chi connectivity index (χ0n) is 9.84. The number of hydrogen-bond acceptors (Lipinski definition) is 5. The van der Waals surface area contributed by atoms with Crippen LogP contribution in [0.2, 0.25) is 5.15 Å². The van der Waals surface area contributed by atoms with E-state index in [0.29, 0.717) is 17.0 Å². The molecule has 0 unspecified atom stereocenters. The smallest absolute Gasteiger partial charge is 0.288 e. The Balaban J connectivity index is 2.92. The first kappa shape index (κ1) is 14.7. The van der Waals surface area contributed by atoms with Gasteiger partial charge >= 0.3 is 5.69 Å². The largest absolute Gasteiger partial charge is 0.307 e. The quantitative estimate of drug-likeness (QED) is 0.482. The van der Waals surface area contributed by atoms with E-state index in [1.807, 2.05) is 0 Å². The van der Waals surface area contributed by atoms with Gasteiger partial charge < -0.3 is 0 Å². The van der Waals surface area contributed by atoms with Crippen molar-refractivity contribution in [2.75, 3.05) is 5.75 Å². The highest BCUT2D eigenvalue weighted by molar-refractivity contribution is 8.13. The van der Waals surface area contributed by atoms with E-state index in [-0.39, 0.29) is 16.0 Å². The molecule has 0 aliphatic carbocycles. The molecule has 1 aromatic heterocycles. The maximum Gasteiger partial charge on any atom is 0.307 e. The third-order valence-corrected chi connectivity index (χ3v) is 3.11. The molecule has 1 rings (SSSR count). The average Bonchev–Trinajstić information content (AvgIpc) is 2.25. The number of thioether (sulfide) groups is 1. The number of pyridine rings is 1. The lowest BCUT2D eigenvalue weighted by Crippen LogP contribution is -1.95. The predicted molar refractivity (Wildman–Crippen MR) is 72.8 cm³/mol. The van der Waals surface area contributed by atoms with E-state index < -0.39 is 4.92 Å². The van der Waals surface area contributed by atoms with Crippen LogP contribution in [0, 0.1) is 17.0 Å². The summed E-state index contributed by atoms with van der Waals surface area (Å²) >= 11 is 6.84. The third kappa shape index (κ3) is 4.12. The Labute approximate surface area is 113 Å². The molecule has 18 heavy (non-hydrogen) atoms. The first-order valence-electron chi connectivity index (χ1n) is 5.03. The third-order valence-electron chi connectivity index (χ3n) is 2.06. The summed E-state index contributed by atoms with van der Waals surface area (Å²) < 4.78 is 0. The molecule has 0 aromatic carbocycles. The molecular formula is C11H11ClN2O3S. The molecule has 96 valence electrons. The van der Waals surface area contributed by atoms with E-state index in [4.69, 9.17) is 11.6 Å². The Hall–Kier alpha value is -1.40. The minimum absolute atomic E-state index is 0.0246. The summed E-state index contributed by atoms with van der Waals surface area (Å²) in [5, 5.41) is 10.6. The molecule has 0 radical (unpaired) electrons. The topological polar surface area (TPSA) is 73.1 Å². The maximum absolute atomic E-state index is 10.7. The molecule has 0 saturated heterocycles. The first-order chi connectivity index (χ1) is 8.41. The van der Waals surface area contributed by atoms with E-state index >= 15 is 0 Å². The molecule has 0 aliphatic heterocycles.